The number of fused-ring (bicyclic) bond motifs is 3. The van der Waals surface area contributed by atoms with Crippen molar-refractivity contribution in [1.29, 1.82) is 0 Å². The van der Waals surface area contributed by atoms with Gasteiger partial charge in [-0.2, -0.15) is 0 Å². The number of allylic oxidation sites excluding steroid dienone is 1. The number of methoxy groups -OCH3 is 2. The van der Waals surface area contributed by atoms with Crippen molar-refractivity contribution in [2.24, 2.45) is 17.8 Å². The molecule has 0 bridgehead atoms. The number of ether oxygens (including phenoxy) is 3. The highest BCUT2D eigenvalue weighted by Crippen LogP contribution is 2.48. The van der Waals surface area contributed by atoms with Gasteiger partial charge in [0.1, 0.15) is 5.75 Å². The first-order chi connectivity index (χ1) is 19.9. The third-order valence-electron chi connectivity index (χ3n) is 10.2. The lowest BCUT2D eigenvalue weighted by Crippen LogP contribution is -2.50. The number of halogens is 1. The maximum absolute atomic E-state index is 12.5. The molecule has 2 aromatic rings. The molecule has 6 nitrogen and oxygen atoms in total. The zero-order valence-corrected chi connectivity index (χ0v) is 25.0. The molecule has 1 fully saturated rings. The van der Waals surface area contributed by atoms with Gasteiger partial charge in [0, 0.05) is 37.2 Å². The van der Waals surface area contributed by atoms with Crippen molar-refractivity contribution in [2.45, 2.75) is 62.9 Å². The van der Waals surface area contributed by atoms with E-state index in [2.05, 4.69) is 23.1 Å². The van der Waals surface area contributed by atoms with E-state index >= 15 is 0 Å². The van der Waals surface area contributed by atoms with Crippen LogP contribution in [0.5, 0.6) is 5.75 Å². The number of hydrogen-bond donors (Lipinski definition) is 1. The fourth-order valence-corrected chi connectivity index (χ4v) is 7.99. The van der Waals surface area contributed by atoms with Crippen LogP contribution in [0, 0.1) is 17.8 Å². The molecule has 6 rings (SSSR count). The summed E-state index contributed by atoms with van der Waals surface area (Å²) in [5.74, 6) is 1.77. The number of benzene rings is 2. The van der Waals surface area contributed by atoms with Crippen molar-refractivity contribution in [1.82, 2.24) is 0 Å². The Morgan fingerprint density at radius 1 is 1.17 bits per heavy atom. The van der Waals surface area contributed by atoms with E-state index in [9.17, 15) is 9.90 Å². The lowest BCUT2D eigenvalue weighted by Gasteiger charge is -2.47. The first kappa shape index (κ1) is 28.6. The molecule has 4 aliphatic rings. The van der Waals surface area contributed by atoms with Gasteiger partial charge in [-0.05, 0) is 116 Å². The van der Waals surface area contributed by atoms with Crippen LogP contribution in [0.3, 0.4) is 0 Å². The van der Waals surface area contributed by atoms with E-state index in [-0.39, 0.29) is 24.1 Å². The molecule has 3 aliphatic carbocycles. The molecular formula is C34H42ClNO5. The summed E-state index contributed by atoms with van der Waals surface area (Å²) in [6.45, 7) is 2.55. The molecule has 0 saturated heterocycles. The second-order valence-corrected chi connectivity index (χ2v) is 13.0. The molecule has 5 atom stereocenters. The summed E-state index contributed by atoms with van der Waals surface area (Å²) in [7, 11) is 3.27. The van der Waals surface area contributed by atoms with Gasteiger partial charge in [-0.3, -0.25) is 0 Å². The Balaban J connectivity index is 1.32. The lowest BCUT2D eigenvalue weighted by molar-refractivity contribution is 0.00273. The van der Waals surface area contributed by atoms with Gasteiger partial charge < -0.3 is 24.2 Å². The van der Waals surface area contributed by atoms with E-state index in [4.69, 9.17) is 25.8 Å². The number of carbonyl (C=O) groups excluding carboxylic acids is 1. The number of esters is 1. The molecule has 1 heterocycles. The summed E-state index contributed by atoms with van der Waals surface area (Å²) in [6.07, 6.45) is 10.9. The van der Waals surface area contributed by atoms with Crippen LogP contribution in [0.2, 0.25) is 5.02 Å². The Labute approximate surface area is 248 Å². The molecule has 7 heteroatoms. The first-order valence-electron chi connectivity index (χ1n) is 15.2. The number of aliphatic hydroxyl groups excluding tert-OH is 1. The van der Waals surface area contributed by atoms with Crippen LogP contribution < -0.4 is 9.64 Å². The highest BCUT2D eigenvalue weighted by Gasteiger charge is 2.45. The first-order valence-corrected chi connectivity index (χ1v) is 15.5. The van der Waals surface area contributed by atoms with Gasteiger partial charge in [0.25, 0.3) is 0 Å². The van der Waals surface area contributed by atoms with Crippen LogP contribution in [-0.4, -0.2) is 57.7 Å². The van der Waals surface area contributed by atoms with Crippen molar-refractivity contribution in [3.63, 3.8) is 0 Å². The van der Waals surface area contributed by atoms with Gasteiger partial charge in [-0.25, -0.2) is 4.79 Å². The Bertz CT molecular complexity index is 1310. The van der Waals surface area contributed by atoms with E-state index in [1.807, 2.05) is 25.3 Å². The van der Waals surface area contributed by atoms with Crippen LogP contribution in [0.15, 0.2) is 48.0 Å². The number of nitrogens with zero attached hydrogens (tertiary/aromatic N) is 1. The third kappa shape index (κ3) is 5.51. The van der Waals surface area contributed by atoms with E-state index < -0.39 is 0 Å². The smallest absolute Gasteiger partial charge is 0.337 e. The van der Waals surface area contributed by atoms with E-state index in [1.165, 1.54) is 23.8 Å². The van der Waals surface area contributed by atoms with Gasteiger partial charge in [0.05, 0.1) is 31.1 Å². The number of rotatable bonds is 7. The minimum absolute atomic E-state index is 0.115. The van der Waals surface area contributed by atoms with E-state index in [0.717, 1.165) is 80.9 Å². The monoisotopic (exact) mass is 579 g/mol. The highest BCUT2D eigenvalue weighted by molar-refractivity contribution is 6.30. The van der Waals surface area contributed by atoms with Crippen molar-refractivity contribution in [3.8, 4) is 5.75 Å². The number of aliphatic hydroxyl groups is 1. The molecule has 41 heavy (non-hydrogen) atoms. The van der Waals surface area contributed by atoms with Crippen molar-refractivity contribution in [2.75, 3.05) is 45.4 Å². The second-order valence-electron chi connectivity index (χ2n) is 12.5. The number of hydrogen-bond acceptors (Lipinski definition) is 6. The topological polar surface area (TPSA) is 68.2 Å². The zero-order chi connectivity index (χ0) is 28.6. The van der Waals surface area contributed by atoms with Gasteiger partial charge in [-0.15, -0.1) is 0 Å². The molecule has 220 valence electrons. The predicted molar refractivity (Wildman–Crippen MR) is 161 cm³/mol. The average molecular weight is 580 g/mol. The summed E-state index contributed by atoms with van der Waals surface area (Å²) in [6, 6.07) is 12.0. The predicted octanol–water partition coefficient (Wildman–Crippen LogP) is 6.36. The van der Waals surface area contributed by atoms with Gasteiger partial charge in [0.15, 0.2) is 0 Å². The van der Waals surface area contributed by atoms with Crippen molar-refractivity contribution < 1.29 is 24.1 Å². The molecule has 1 N–H and O–H groups in total. The molecule has 2 aromatic carbocycles. The third-order valence-corrected chi connectivity index (χ3v) is 10.4. The van der Waals surface area contributed by atoms with Crippen LogP contribution >= 0.6 is 11.6 Å². The van der Waals surface area contributed by atoms with Gasteiger partial charge >= 0.3 is 5.97 Å². The van der Waals surface area contributed by atoms with Crippen molar-refractivity contribution >= 4 is 23.3 Å². The fraction of sp³-hybridized carbons (Fsp3) is 0.559. The van der Waals surface area contributed by atoms with Crippen LogP contribution in [0.4, 0.5) is 5.69 Å². The van der Waals surface area contributed by atoms with E-state index in [1.54, 1.807) is 6.07 Å². The minimum atomic E-state index is -0.337. The minimum Gasteiger partial charge on any atom is -0.490 e. The second kappa shape index (κ2) is 12.0. The maximum atomic E-state index is 12.5. The molecule has 0 radical (unpaired) electrons. The summed E-state index contributed by atoms with van der Waals surface area (Å²) >= 11 is 6.42. The Hall–Kier alpha value is -2.54. The lowest BCUT2D eigenvalue weighted by atomic mass is 9.66. The zero-order valence-electron chi connectivity index (χ0n) is 24.2. The fourth-order valence-electron chi connectivity index (χ4n) is 7.80. The molecule has 1 saturated carbocycles. The quantitative estimate of drug-likeness (QED) is 0.304. The molecule has 0 aromatic heterocycles. The summed E-state index contributed by atoms with van der Waals surface area (Å²) in [5.41, 5.74) is 5.40. The van der Waals surface area contributed by atoms with Crippen LogP contribution in [0.1, 0.15) is 66.4 Å². The maximum Gasteiger partial charge on any atom is 0.337 e. The Morgan fingerprint density at radius 2 is 2.05 bits per heavy atom. The van der Waals surface area contributed by atoms with Gasteiger partial charge in [0.2, 0.25) is 0 Å². The Kier molecular flexibility index (Phi) is 8.35. The summed E-state index contributed by atoms with van der Waals surface area (Å²) in [5, 5.41) is 10.4. The summed E-state index contributed by atoms with van der Waals surface area (Å²) < 4.78 is 17.8. The Morgan fingerprint density at radius 3 is 2.76 bits per heavy atom. The normalized spacial score (nSPS) is 28.0. The van der Waals surface area contributed by atoms with Crippen LogP contribution in [-0.2, 0) is 21.3 Å². The standard InChI is InChI=1S/C34H42ClNO5/c1-39-32(23-7-5-22(19-37)6-8-23)28-12-9-26(28)18-36-20-34(15-3-4-24-16-27(35)11-13-29(24)34)21-41-31-14-10-25(17-30(31)36)33(38)40-2/h7,10-11,13-14,16-17,22,26,28,32,37H,3-6,8-9,12,15,18-21H2,1-2H3/t22-,26-,28+,32-,34?/m0/s1. The molecular weight excluding hydrogens is 538 g/mol. The molecule has 1 unspecified atom stereocenters. The molecule has 1 spiro atoms. The number of aryl methyl sites for hydroxylation is 1. The largest absolute Gasteiger partial charge is 0.490 e. The number of anilines is 1. The summed E-state index contributed by atoms with van der Waals surface area (Å²) in [4.78, 5) is 15.0. The highest BCUT2D eigenvalue weighted by atomic mass is 35.5. The van der Waals surface area contributed by atoms with E-state index in [0.29, 0.717) is 29.9 Å². The average Bonchev–Trinajstić information content (AvgIpc) is 3.14. The number of carbonyl (C=O) groups is 1. The molecule has 0 amide bonds. The van der Waals surface area contributed by atoms with Crippen LogP contribution in [0.25, 0.3) is 0 Å². The SMILES string of the molecule is COC(=O)c1ccc2c(c1)N(C[C@@H]1CC[C@H]1[C@@H](OC)C1=CC[C@H](CO)CC1)CC1(CCCc3cc(Cl)ccc31)CO2. The molecule has 1 aliphatic heterocycles. The van der Waals surface area contributed by atoms with Crippen molar-refractivity contribution in [3.05, 3.63) is 69.8 Å². The van der Waals surface area contributed by atoms with Gasteiger partial charge in [-0.1, -0.05) is 23.7 Å².